The molecule has 7 nitrogen and oxygen atoms in total. The minimum Gasteiger partial charge on any atom is -0.480 e. The third-order valence-electron chi connectivity index (χ3n) is 5.24. The SMILES string of the molecule is NCCCC[C@H](NC(=O)OC1(OC2C#CCCCCC2)C#CCCCCC1)C(=O)O. The summed E-state index contributed by atoms with van der Waals surface area (Å²) < 4.78 is 11.9. The molecule has 0 aromatic heterocycles. The lowest BCUT2D eigenvalue weighted by molar-refractivity contribution is -0.183. The van der Waals surface area contributed by atoms with Crippen LogP contribution in [0.3, 0.4) is 0 Å². The van der Waals surface area contributed by atoms with Gasteiger partial charge >= 0.3 is 12.1 Å². The molecule has 0 fully saturated rings. The first-order valence-electron chi connectivity index (χ1n) is 11.1. The number of carbonyl (C=O) groups is 2. The number of hydrogen-bond donors (Lipinski definition) is 3. The number of carboxylic acids is 1. The van der Waals surface area contributed by atoms with Gasteiger partial charge < -0.3 is 25.6 Å². The van der Waals surface area contributed by atoms with E-state index in [1.54, 1.807) is 0 Å². The van der Waals surface area contributed by atoms with Gasteiger partial charge in [-0.15, -0.1) is 5.92 Å². The number of aliphatic carboxylic acids is 1. The first kappa shape index (κ1) is 24.1. The molecular formula is C23H34N2O5. The molecule has 2 aliphatic carbocycles. The second kappa shape index (κ2) is 13.2. The van der Waals surface area contributed by atoms with Crippen LogP contribution in [0.15, 0.2) is 0 Å². The summed E-state index contributed by atoms with van der Waals surface area (Å²) in [6.45, 7) is 0.478. The van der Waals surface area contributed by atoms with E-state index >= 15 is 0 Å². The number of hydrogen-bond acceptors (Lipinski definition) is 5. The molecule has 1 amide bonds. The molecule has 0 aromatic carbocycles. The van der Waals surface area contributed by atoms with Crippen LogP contribution in [0.4, 0.5) is 4.79 Å². The lowest BCUT2D eigenvalue weighted by Gasteiger charge is -2.32. The van der Waals surface area contributed by atoms with Gasteiger partial charge in [0.05, 0.1) is 0 Å². The standard InChI is InChI=1S/C23H34N2O5/c24-18-12-9-15-20(21(26)27)25-22(28)30-23(16-10-5-2-6-11-17-23)29-19-13-7-3-1-4-8-14-19/h19-20H,1-7,9-10,12-13,15-16,18,24H2,(H,25,28)(H,26,27)/t19?,20-,23?/m0/s1. The number of rotatable bonds is 9. The molecule has 2 aliphatic rings. The van der Waals surface area contributed by atoms with Crippen molar-refractivity contribution in [3.63, 3.8) is 0 Å². The van der Waals surface area contributed by atoms with Gasteiger partial charge in [0.15, 0.2) is 0 Å². The van der Waals surface area contributed by atoms with E-state index in [0.717, 1.165) is 51.4 Å². The van der Waals surface area contributed by atoms with Gasteiger partial charge in [0.25, 0.3) is 5.79 Å². The van der Waals surface area contributed by atoms with Crippen molar-refractivity contribution in [1.29, 1.82) is 0 Å². The second-order valence-electron chi connectivity index (χ2n) is 7.85. The minimum atomic E-state index is -1.40. The summed E-state index contributed by atoms with van der Waals surface area (Å²) in [5, 5.41) is 11.9. The number of amides is 1. The van der Waals surface area contributed by atoms with Crippen LogP contribution in [-0.2, 0) is 14.3 Å². The Bertz CT molecular complexity index is 687. The van der Waals surface area contributed by atoms with Gasteiger partial charge in [-0.1, -0.05) is 24.7 Å². The summed E-state index contributed by atoms with van der Waals surface area (Å²) in [6, 6.07) is -1.04. The molecule has 0 radical (unpaired) electrons. The zero-order valence-electron chi connectivity index (χ0n) is 17.7. The molecular weight excluding hydrogens is 384 g/mol. The maximum Gasteiger partial charge on any atom is 0.411 e. The molecule has 0 saturated heterocycles. The van der Waals surface area contributed by atoms with Crippen LogP contribution in [-0.4, -0.2) is 41.6 Å². The quantitative estimate of drug-likeness (QED) is 0.301. The first-order valence-corrected chi connectivity index (χ1v) is 11.1. The van der Waals surface area contributed by atoms with Crippen LogP contribution in [0.5, 0.6) is 0 Å². The van der Waals surface area contributed by atoms with E-state index in [0.29, 0.717) is 32.2 Å². The Morgan fingerprint density at radius 3 is 2.63 bits per heavy atom. The van der Waals surface area contributed by atoms with E-state index in [1.807, 2.05) is 0 Å². The molecule has 0 heterocycles. The number of unbranched alkanes of at least 4 members (excludes halogenated alkanes) is 1. The fourth-order valence-electron chi connectivity index (χ4n) is 3.56. The molecule has 0 bridgehead atoms. The van der Waals surface area contributed by atoms with Crippen molar-refractivity contribution in [2.24, 2.45) is 5.73 Å². The largest absolute Gasteiger partial charge is 0.480 e. The van der Waals surface area contributed by atoms with Crippen molar-refractivity contribution in [2.75, 3.05) is 6.54 Å². The Hall–Kier alpha value is -2.22. The van der Waals surface area contributed by atoms with E-state index in [9.17, 15) is 14.7 Å². The number of nitrogens with two attached hydrogens (primary N) is 1. The average Bonchev–Trinajstić information content (AvgIpc) is 2.66. The third-order valence-corrected chi connectivity index (χ3v) is 5.24. The maximum absolute atomic E-state index is 12.6. The van der Waals surface area contributed by atoms with Crippen molar-refractivity contribution in [3.05, 3.63) is 0 Å². The van der Waals surface area contributed by atoms with Gasteiger partial charge in [-0.25, -0.2) is 9.59 Å². The molecule has 0 aromatic rings. The van der Waals surface area contributed by atoms with Crippen molar-refractivity contribution in [3.8, 4) is 23.7 Å². The molecule has 2 unspecified atom stereocenters. The predicted octanol–water partition coefficient (Wildman–Crippen LogP) is 3.31. The fraction of sp³-hybridized carbons (Fsp3) is 0.739. The summed E-state index contributed by atoms with van der Waals surface area (Å²) in [4.78, 5) is 24.1. The summed E-state index contributed by atoms with van der Waals surface area (Å²) >= 11 is 0. The molecule has 7 heteroatoms. The van der Waals surface area contributed by atoms with Gasteiger partial charge in [0, 0.05) is 19.3 Å². The molecule has 3 atom stereocenters. The van der Waals surface area contributed by atoms with Gasteiger partial charge in [0.2, 0.25) is 0 Å². The minimum absolute atomic E-state index is 0.287. The molecule has 0 saturated carbocycles. The van der Waals surface area contributed by atoms with Gasteiger partial charge in [-0.2, -0.15) is 0 Å². The van der Waals surface area contributed by atoms with Gasteiger partial charge in [-0.3, -0.25) is 0 Å². The lowest BCUT2D eigenvalue weighted by Crippen LogP contribution is -2.47. The van der Waals surface area contributed by atoms with E-state index in [1.165, 1.54) is 0 Å². The first-order chi connectivity index (χ1) is 14.5. The predicted molar refractivity (Wildman–Crippen MR) is 113 cm³/mol. The topological polar surface area (TPSA) is 111 Å². The Morgan fingerprint density at radius 2 is 1.87 bits per heavy atom. The smallest absolute Gasteiger partial charge is 0.411 e. The number of ether oxygens (including phenoxy) is 2. The number of carboxylic acid groups (broad SMARTS) is 1. The maximum atomic E-state index is 12.6. The van der Waals surface area contributed by atoms with Crippen molar-refractivity contribution in [2.45, 2.75) is 101 Å². The summed E-state index contributed by atoms with van der Waals surface area (Å²) in [7, 11) is 0. The summed E-state index contributed by atoms with van der Waals surface area (Å²) in [5.74, 6) is 9.85. The highest BCUT2D eigenvalue weighted by molar-refractivity contribution is 5.80. The number of nitrogens with one attached hydrogen (secondary N) is 1. The van der Waals surface area contributed by atoms with Crippen LogP contribution < -0.4 is 11.1 Å². The lowest BCUT2D eigenvalue weighted by atomic mass is 10.0. The van der Waals surface area contributed by atoms with Crippen LogP contribution in [0.2, 0.25) is 0 Å². The summed E-state index contributed by atoms with van der Waals surface area (Å²) in [6.07, 6.45) is 9.11. The highest BCUT2D eigenvalue weighted by atomic mass is 16.7. The van der Waals surface area contributed by atoms with Crippen molar-refractivity contribution >= 4 is 12.1 Å². The number of carbonyl (C=O) groups excluding carboxylic acids is 1. The number of alkyl carbamates (subject to hydrolysis) is 1. The van der Waals surface area contributed by atoms with Crippen LogP contribution in [0.1, 0.15) is 83.5 Å². The van der Waals surface area contributed by atoms with Crippen LogP contribution >= 0.6 is 0 Å². The van der Waals surface area contributed by atoms with Crippen molar-refractivity contribution in [1.82, 2.24) is 5.32 Å². The Balaban J connectivity index is 2.11. The second-order valence-corrected chi connectivity index (χ2v) is 7.85. The Labute approximate surface area is 179 Å². The Morgan fingerprint density at radius 1 is 1.10 bits per heavy atom. The Kier molecular flexibility index (Phi) is 10.5. The van der Waals surface area contributed by atoms with Gasteiger partial charge in [0.1, 0.15) is 12.1 Å². The van der Waals surface area contributed by atoms with E-state index in [2.05, 4.69) is 29.0 Å². The average molecular weight is 419 g/mol. The van der Waals surface area contributed by atoms with Crippen LogP contribution in [0, 0.1) is 23.7 Å². The normalized spacial score (nSPS) is 24.9. The van der Waals surface area contributed by atoms with Crippen LogP contribution in [0.25, 0.3) is 0 Å². The highest BCUT2D eigenvalue weighted by Gasteiger charge is 2.37. The molecule has 166 valence electrons. The monoisotopic (exact) mass is 418 g/mol. The molecule has 2 rings (SSSR count). The molecule has 0 spiro atoms. The van der Waals surface area contributed by atoms with E-state index < -0.39 is 23.9 Å². The van der Waals surface area contributed by atoms with E-state index in [-0.39, 0.29) is 12.5 Å². The van der Waals surface area contributed by atoms with Crippen molar-refractivity contribution < 1.29 is 24.2 Å². The fourth-order valence-corrected chi connectivity index (χ4v) is 3.56. The third kappa shape index (κ3) is 8.65. The van der Waals surface area contributed by atoms with Gasteiger partial charge in [-0.05, 0) is 63.8 Å². The van der Waals surface area contributed by atoms with E-state index in [4.69, 9.17) is 15.2 Å². The zero-order chi connectivity index (χ0) is 21.7. The molecule has 4 N–H and O–H groups in total. The molecule has 30 heavy (non-hydrogen) atoms. The highest BCUT2D eigenvalue weighted by Crippen LogP contribution is 2.27. The zero-order valence-corrected chi connectivity index (χ0v) is 17.7. The summed E-state index contributed by atoms with van der Waals surface area (Å²) in [5.41, 5.74) is 5.47. The molecule has 0 aliphatic heterocycles.